The van der Waals surface area contributed by atoms with Gasteiger partial charge in [-0.3, -0.25) is 10.1 Å². The van der Waals surface area contributed by atoms with Crippen molar-refractivity contribution < 1.29 is 13.6 Å². The van der Waals surface area contributed by atoms with Gasteiger partial charge < -0.3 is 9.88 Å². The number of nitrogens with zero attached hydrogens (tertiary/aromatic N) is 2. The van der Waals surface area contributed by atoms with Gasteiger partial charge in [-0.15, -0.1) is 24.8 Å². The molecule has 1 aliphatic heterocycles. The van der Waals surface area contributed by atoms with Crippen LogP contribution in [0.1, 0.15) is 12.2 Å². The zero-order chi connectivity index (χ0) is 15.7. The molecule has 2 N–H and O–H groups in total. The second kappa shape index (κ2) is 8.09. The minimum Gasteiger partial charge on any atom is -0.353 e. The number of halogens is 4. The molecule has 1 aliphatic rings. The molecule has 1 amide bonds. The number of aryl methyl sites for hydroxylation is 1. The maximum atomic E-state index is 13.1. The summed E-state index contributed by atoms with van der Waals surface area (Å²) in [5, 5.41) is 5.26. The van der Waals surface area contributed by atoms with Gasteiger partial charge in [0.05, 0.1) is 23.6 Å². The lowest BCUT2D eigenvalue weighted by Gasteiger charge is -2.12. The van der Waals surface area contributed by atoms with Gasteiger partial charge in [-0.05, 0) is 19.1 Å². The predicted octanol–water partition coefficient (Wildman–Crippen LogP) is 2.30. The summed E-state index contributed by atoms with van der Waals surface area (Å²) in [6.45, 7) is 2.40. The zero-order valence-corrected chi connectivity index (χ0v) is 14.7. The number of carbonyl (C=O) groups is 1. The van der Waals surface area contributed by atoms with Crippen molar-refractivity contribution in [3.8, 4) is 0 Å². The number of para-hydroxylation sites is 2. The Kier molecular flexibility index (Phi) is 6.95. The number of aromatic nitrogens is 2. The van der Waals surface area contributed by atoms with E-state index in [1.165, 1.54) is 0 Å². The molecule has 3 rings (SSSR count). The first-order valence-corrected chi connectivity index (χ1v) is 7.27. The van der Waals surface area contributed by atoms with E-state index in [9.17, 15) is 13.6 Å². The molecule has 0 saturated carbocycles. The van der Waals surface area contributed by atoms with Crippen LogP contribution in [0.5, 0.6) is 0 Å². The van der Waals surface area contributed by atoms with E-state index in [4.69, 9.17) is 0 Å². The number of hydrogen-bond acceptors (Lipinski definition) is 3. The van der Waals surface area contributed by atoms with Crippen molar-refractivity contribution in [2.75, 3.05) is 13.1 Å². The molecule has 0 radical (unpaired) electrons. The number of benzene rings is 1. The summed E-state index contributed by atoms with van der Waals surface area (Å²) in [4.78, 5) is 16.3. The Bertz CT molecular complexity index is 708. The lowest BCUT2D eigenvalue weighted by Crippen LogP contribution is -2.41. The Morgan fingerprint density at radius 3 is 2.79 bits per heavy atom. The molecule has 134 valence electrons. The summed E-state index contributed by atoms with van der Waals surface area (Å²) in [7, 11) is 0. The smallest absolute Gasteiger partial charge is 0.262 e. The molecule has 1 atom stereocenters. The van der Waals surface area contributed by atoms with Crippen LogP contribution in [0.3, 0.4) is 0 Å². The van der Waals surface area contributed by atoms with E-state index in [-0.39, 0.29) is 30.7 Å². The normalized spacial score (nSPS) is 18.7. The molecular weight excluding hydrogens is 361 g/mol. The van der Waals surface area contributed by atoms with E-state index in [1.54, 1.807) is 0 Å². The first-order valence-electron chi connectivity index (χ1n) is 7.27. The minimum absolute atomic E-state index is 0. The van der Waals surface area contributed by atoms with Crippen LogP contribution in [0, 0.1) is 6.92 Å². The first-order chi connectivity index (χ1) is 10.5. The van der Waals surface area contributed by atoms with E-state index < -0.39 is 24.9 Å². The molecule has 1 fully saturated rings. The second-order valence-electron chi connectivity index (χ2n) is 5.58. The van der Waals surface area contributed by atoms with Gasteiger partial charge in [-0.1, -0.05) is 12.1 Å². The van der Waals surface area contributed by atoms with Crippen LogP contribution in [0.15, 0.2) is 24.3 Å². The summed E-state index contributed by atoms with van der Waals surface area (Å²) in [5.74, 6) is -2.31. The van der Waals surface area contributed by atoms with Gasteiger partial charge in [-0.25, -0.2) is 13.8 Å². The molecule has 2 heterocycles. The summed E-state index contributed by atoms with van der Waals surface area (Å²) in [6, 6.07) is 6.95. The van der Waals surface area contributed by atoms with Crippen LogP contribution in [-0.4, -0.2) is 40.5 Å². The average molecular weight is 381 g/mol. The van der Waals surface area contributed by atoms with Crippen LogP contribution in [0.2, 0.25) is 0 Å². The lowest BCUT2D eigenvalue weighted by molar-refractivity contribution is -0.123. The standard InChI is InChI=1S/C15H18F2N4O.2ClH/c1-10-20-11-4-2-3-5-13(11)21(10)7-6-18-14(22)12-8-15(16,17)9-19-12;;/h2-5,12,19H,6-9H2,1H3,(H,18,22);2*1H. The van der Waals surface area contributed by atoms with Crippen molar-refractivity contribution in [2.45, 2.75) is 31.9 Å². The quantitative estimate of drug-likeness (QED) is 0.855. The average Bonchev–Trinajstić information content (AvgIpc) is 2.99. The summed E-state index contributed by atoms with van der Waals surface area (Å²) in [6.07, 6.45) is -0.439. The highest BCUT2D eigenvalue weighted by Gasteiger charge is 2.42. The molecule has 1 aromatic carbocycles. The zero-order valence-electron chi connectivity index (χ0n) is 13.1. The number of hydrogen-bond donors (Lipinski definition) is 2. The number of nitrogens with one attached hydrogen (secondary N) is 2. The maximum Gasteiger partial charge on any atom is 0.262 e. The van der Waals surface area contributed by atoms with Crippen molar-refractivity contribution in [2.24, 2.45) is 0 Å². The third-order valence-corrected chi connectivity index (χ3v) is 3.91. The summed E-state index contributed by atoms with van der Waals surface area (Å²) < 4.78 is 28.2. The highest BCUT2D eigenvalue weighted by atomic mass is 35.5. The molecule has 0 aliphatic carbocycles. The molecule has 2 aromatic rings. The number of rotatable bonds is 4. The van der Waals surface area contributed by atoms with Crippen molar-refractivity contribution in [3.63, 3.8) is 0 Å². The molecular formula is C15H20Cl2F2N4O. The fourth-order valence-corrected chi connectivity index (χ4v) is 2.79. The molecule has 9 heteroatoms. The number of alkyl halides is 2. The van der Waals surface area contributed by atoms with Gasteiger partial charge in [0, 0.05) is 19.5 Å². The van der Waals surface area contributed by atoms with Crippen molar-refractivity contribution in [1.29, 1.82) is 0 Å². The third kappa shape index (κ3) is 4.34. The van der Waals surface area contributed by atoms with E-state index in [0.29, 0.717) is 13.1 Å². The largest absolute Gasteiger partial charge is 0.353 e. The molecule has 0 spiro atoms. The Balaban J connectivity index is 0.00000144. The van der Waals surface area contributed by atoms with Crippen LogP contribution >= 0.6 is 24.8 Å². The summed E-state index contributed by atoms with van der Waals surface area (Å²) >= 11 is 0. The number of fused-ring (bicyclic) bond motifs is 1. The Labute approximate surface area is 151 Å². The third-order valence-electron chi connectivity index (χ3n) is 3.91. The highest BCUT2D eigenvalue weighted by Crippen LogP contribution is 2.25. The molecule has 24 heavy (non-hydrogen) atoms. The van der Waals surface area contributed by atoms with Crippen LogP contribution < -0.4 is 10.6 Å². The van der Waals surface area contributed by atoms with Crippen LogP contribution in [0.25, 0.3) is 11.0 Å². The Morgan fingerprint density at radius 1 is 1.42 bits per heavy atom. The molecule has 1 unspecified atom stereocenters. The fourth-order valence-electron chi connectivity index (χ4n) is 2.79. The van der Waals surface area contributed by atoms with E-state index >= 15 is 0 Å². The molecule has 0 bridgehead atoms. The van der Waals surface area contributed by atoms with E-state index in [1.807, 2.05) is 35.8 Å². The SMILES string of the molecule is Cc1nc2ccccc2n1CCNC(=O)C1CC(F)(F)CN1.Cl.Cl. The predicted molar refractivity (Wildman–Crippen MR) is 93.3 cm³/mol. The lowest BCUT2D eigenvalue weighted by atomic mass is 10.2. The van der Waals surface area contributed by atoms with Gasteiger partial charge in [0.1, 0.15) is 5.82 Å². The number of carbonyl (C=O) groups excluding carboxylic acids is 1. The monoisotopic (exact) mass is 380 g/mol. The highest BCUT2D eigenvalue weighted by molar-refractivity contribution is 5.85. The van der Waals surface area contributed by atoms with Crippen molar-refractivity contribution in [3.05, 3.63) is 30.1 Å². The van der Waals surface area contributed by atoms with E-state index in [2.05, 4.69) is 15.6 Å². The first kappa shape index (κ1) is 20.6. The van der Waals surface area contributed by atoms with Gasteiger partial charge >= 0.3 is 0 Å². The van der Waals surface area contributed by atoms with Gasteiger partial charge in [0.15, 0.2) is 0 Å². The van der Waals surface area contributed by atoms with Crippen molar-refractivity contribution >= 4 is 41.8 Å². The maximum absolute atomic E-state index is 13.1. The second-order valence-corrected chi connectivity index (χ2v) is 5.58. The van der Waals surface area contributed by atoms with Gasteiger partial charge in [0.25, 0.3) is 5.92 Å². The van der Waals surface area contributed by atoms with Gasteiger partial charge in [0.2, 0.25) is 5.91 Å². The number of amides is 1. The molecule has 1 saturated heterocycles. The minimum atomic E-state index is -2.79. The summed E-state index contributed by atoms with van der Waals surface area (Å²) in [5.41, 5.74) is 1.91. The van der Waals surface area contributed by atoms with Gasteiger partial charge in [-0.2, -0.15) is 0 Å². The van der Waals surface area contributed by atoms with Crippen LogP contribution in [-0.2, 0) is 11.3 Å². The van der Waals surface area contributed by atoms with Crippen LogP contribution in [0.4, 0.5) is 8.78 Å². The van der Waals surface area contributed by atoms with Crippen molar-refractivity contribution in [1.82, 2.24) is 20.2 Å². The molecule has 5 nitrogen and oxygen atoms in total. The molecule has 1 aromatic heterocycles. The van der Waals surface area contributed by atoms with E-state index in [0.717, 1.165) is 16.9 Å². The Hall–Kier alpha value is -1.44. The Morgan fingerprint density at radius 2 is 2.12 bits per heavy atom. The number of imidazole rings is 1. The topological polar surface area (TPSA) is 59.0 Å². The fraction of sp³-hybridized carbons (Fsp3) is 0.467.